The van der Waals surface area contributed by atoms with Crippen LogP contribution in [0.25, 0.3) is 0 Å². The Kier molecular flexibility index (Phi) is 5.54. The predicted molar refractivity (Wildman–Crippen MR) is 85.2 cm³/mol. The van der Waals surface area contributed by atoms with Crippen molar-refractivity contribution in [1.82, 2.24) is 9.62 Å². The molecule has 0 radical (unpaired) electrons. The molecule has 1 unspecified atom stereocenters. The fourth-order valence-electron chi connectivity index (χ4n) is 2.38. The van der Waals surface area contributed by atoms with E-state index in [1.165, 1.54) is 4.31 Å². The van der Waals surface area contributed by atoms with Crippen molar-refractivity contribution >= 4 is 20.8 Å². The van der Waals surface area contributed by atoms with E-state index < -0.39 is 20.8 Å². The Balaban J connectivity index is 2.24. The topological polar surface area (TPSA) is 66.5 Å². The summed E-state index contributed by atoms with van der Waals surface area (Å²) < 4.78 is 38.1. The minimum Gasteiger partial charge on any atom is -0.310 e. The van der Waals surface area contributed by atoms with E-state index in [-0.39, 0.29) is 6.04 Å². The summed E-state index contributed by atoms with van der Waals surface area (Å²) in [5.74, 6) is 0.847. The first-order valence-corrected chi connectivity index (χ1v) is 10.1. The second-order valence-corrected chi connectivity index (χ2v) is 8.74. The highest BCUT2D eigenvalue weighted by atomic mass is 32.2. The standard InChI is InChI=1S/C14H22N2O3S2/c1-3-15-12(2)13-5-4-6-14(11-13)21(18,19)16-7-9-20(17)10-8-16/h4-6,11-12,15H,3,7-10H2,1-2H3. The van der Waals surface area contributed by atoms with Crippen LogP contribution in [0.3, 0.4) is 0 Å². The van der Waals surface area contributed by atoms with Gasteiger partial charge in [0.25, 0.3) is 0 Å². The van der Waals surface area contributed by atoms with Crippen LogP contribution < -0.4 is 5.32 Å². The van der Waals surface area contributed by atoms with Crippen LogP contribution in [-0.2, 0) is 20.8 Å². The van der Waals surface area contributed by atoms with E-state index in [9.17, 15) is 12.6 Å². The second-order valence-electron chi connectivity index (χ2n) is 5.10. The van der Waals surface area contributed by atoms with Gasteiger partial charge < -0.3 is 5.32 Å². The van der Waals surface area contributed by atoms with E-state index in [0.29, 0.717) is 29.5 Å². The Morgan fingerprint density at radius 2 is 2.00 bits per heavy atom. The van der Waals surface area contributed by atoms with Gasteiger partial charge in [-0.1, -0.05) is 19.1 Å². The van der Waals surface area contributed by atoms with Crippen LogP contribution in [0.2, 0.25) is 0 Å². The van der Waals surface area contributed by atoms with Gasteiger partial charge in [0.05, 0.1) is 4.90 Å². The quantitative estimate of drug-likeness (QED) is 0.878. The first kappa shape index (κ1) is 16.6. The van der Waals surface area contributed by atoms with E-state index >= 15 is 0 Å². The fraction of sp³-hybridized carbons (Fsp3) is 0.571. The molecule has 1 fully saturated rings. The van der Waals surface area contributed by atoms with Gasteiger partial charge in [-0.15, -0.1) is 0 Å². The normalized spacial score (nSPS) is 19.5. The van der Waals surface area contributed by atoms with Crippen LogP contribution in [0.1, 0.15) is 25.5 Å². The number of nitrogens with zero attached hydrogens (tertiary/aromatic N) is 1. The van der Waals surface area contributed by atoms with E-state index in [0.717, 1.165) is 12.1 Å². The maximum absolute atomic E-state index is 12.6. The molecule has 1 aliphatic heterocycles. The van der Waals surface area contributed by atoms with Gasteiger partial charge in [0.15, 0.2) is 0 Å². The minimum absolute atomic E-state index is 0.110. The number of sulfonamides is 1. The minimum atomic E-state index is -3.49. The molecular formula is C14H22N2O3S2. The van der Waals surface area contributed by atoms with Gasteiger partial charge in [0, 0.05) is 41.4 Å². The van der Waals surface area contributed by atoms with Crippen LogP contribution in [0.5, 0.6) is 0 Å². The number of hydrogen-bond donors (Lipinski definition) is 1. The zero-order valence-electron chi connectivity index (χ0n) is 12.4. The molecule has 0 amide bonds. The molecule has 0 aliphatic carbocycles. The Hall–Kier alpha value is -0.760. The molecule has 21 heavy (non-hydrogen) atoms. The molecule has 0 bridgehead atoms. The Morgan fingerprint density at radius 1 is 1.33 bits per heavy atom. The van der Waals surface area contributed by atoms with Gasteiger partial charge in [-0.25, -0.2) is 8.42 Å². The van der Waals surface area contributed by atoms with Crippen LogP contribution in [0, 0.1) is 0 Å². The molecule has 1 saturated heterocycles. The molecule has 0 aromatic heterocycles. The largest absolute Gasteiger partial charge is 0.310 e. The summed E-state index contributed by atoms with van der Waals surface area (Å²) in [6, 6.07) is 7.17. The summed E-state index contributed by atoms with van der Waals surface area (Å²) in [4.78, 5) is 0.317. The monoisotopic (exact) mass is 330 g/mol. The van der Waals surface area contributed by atoms with Gasteiger partial charge in [0.2, 0.25) is 10.0 Å². The molecule has 2 rings (SSSR count). The average molecular weight is 330 g/mol. The highest BCUT2D eigenvalue weighted by Crippen LogP contribution is 2.21. The van der Waals surface area contributed by atoms with Crippen LogP contribution in [-0.4, -0.2) is 48.1 Å². The smallest absolute Gasteiger partial charge is 0.243 e. The Bertz CT molecular complexity index is 606. The summed E-state index contributed by atoms with van der Waals surface area (Å²) in [5.41, 5.74) is 0.957. The summed E-state index contributed by atoms with van der Waals surface area (Å²) in [6.07, 6.45) is 0. The van der Waals surface area contributed by atoms with Crippen molar-refractivity contribution < 1.29 is 12.6 Å². The lowest BCUT2D eigenvalue weighted by Crippen LogP contribution is -2.41. The summed E-state index contributed by atoms with van der Waals surface area (Å²) in [5, 5.41) is 3.28. The van der Waals surface area contributed by atoms with Gasteiger partial charge in [-0.05, 0) is 31.2 Å². The zero-order chi connectivity index (χ0) is 15.5. The molecule has 118 valence electrons. The van der Waals surface area contributed by atoms with Crippen molar-refractivity contribution in [2.45, 2.75) is 24.8 Å². The molecule has 1 N–H and O–H groups in total. The van der Waals surface area contributed by atoms with E-state index in [1.54, 1.807) is 18.2 Å². The summed E-state index contributed by atoms with van der Waals surface area (Å²) in [7, 11) is -4.37. The van der Waals surface area contributed by atoms with Gasteiger partial charge in [0.1, 0.15) is 0 Å². The van der Waals surface area contributed by atoms with Crippen LogP contribution in [0.15, 0.2) is 29.2 Å². The van der Waals surface area contributed by atoms with E-state index in [2.05, 4.69) is 5.32 Å². The second kappa shape index (κ2) is 7.00. The van der Waals surface area contributed by atoms with E-state index in [4.69, 9.17) is 0 Å². The summed E-state index contributed by atoms with van der Waals surface area (Å²) >= 11 is 0. The van der Waals surface area contributed by atoms with Crippen molar-refractivity contribution in [1.29, 1.82) is 0 Å². The molecule has 7 heteroatoms. The summed E-state index contributed by atoms with van der Waals surface area (Å²) in [6.45, 7) is 5.53. The first-order valence-electron chi connectivity index (χ1n) is 7.13. The third kappa shape index (κ3) is 3.91. The molecule has 0 spiro atoms. The van der Waals surface area contributed by atoms with Crippen molar-refractivity contribution in [2.75, 3.05) is 31.1 Å². The molecule has 1 aliphatic rings. The SMILES string of the molecule is CCNC(C)c1cccc(S(=O)(=O)N2CCS(=O)CC2)c1. The number of rotatable bonds is 5. The van der Waals surface area contributed by atoms with Gasteiger partial charge in [-0.2, -0.15) is 4.31 Å². The maximum atomic E-state index is 12.6. The maximum Gasteiger partial charge on any atom is 0.243 e. The lowest BCUT2D eigenvalue weighted by atomic mass is 10.1. The Morgan fingerprint density at radius 3 is 2.62 bits per heavy atom. The molecule has 1 atom stereocenters. The molecule has 5 nitrogen and oxygen atoms in total. The highest BCUT2D eigenvalue weighted by molar-refractivity contribution is 7.89. The number of hydrogen-bond acceptors (Lipinski definition) is 4. The molecular weight excluding hydrogens is 308 g/mol. The fourth-order valence-corrected chi connectivity index (χ4v) is 5.16. The highest BCUT2D eigenvalue weighted by Gasteiger charge is 2.28. The third-order valence-electron chi connectivity index (χ3n) is 3.64. The van der Waals surface area contributed by atoms with Crippen molar-refractivity contribution in [2.24, 2.45) is 0 Å². The van der Waals surface area contributed by atoms with Crippen molar-refractivity contribution in [3.8, 4) is 0 Å². The van der Waals surface area contributed by atoms with Gasteiger partial charge in [-0.3, -0.25) is 4.21 Å². The first-order chi connectivity index (χ1) is 9.95. The van der Waals surface area contributed by atoms with Gasteiger partial charge >= 0.3 is 0 Å². The van der Waals surface area contributed by atoms with Crippen LogP contribution >= 0.6 is 0 Å². The number of nitrogens with one attached hydrogen (secondary N) is 1. The molecule has 1 aromatic carbocycles. The third-order valence-corrected chi connectivity index (χ3v) is 6.81. The van der Waals surface area contributed by atoms with Crippen molar-refractivity contribution in [3.63, 3.8) is 0 Å². The zero-order valence-corrected chi connectivity index (χ0v) is 14.0. The van der Waals surface area contributed by atoms with E-state index in [1.807, 2.05) is 19.9 Å². The van der Waals surface area contributed by atoms with Crippen LogP contribution in [0.4, 0.5) is 0 Å². The molecule has 1 aromatic rings. The predicted octanol–water partition coefficient (Wildman–Crippen LogP) is 1.11. The molecule has 0 saturated carbocycles. The lowest BCUT2D eigenvalue weighted by molar-refractivity contribution is 0.438. The number of benzene rings is 1. The average Bonchev–Trinajstić information content (AvgIpc) is 2.48. The van der Waals surface area contributed by atoms with Crippen molar-refractivity contribution in [3.05, 3.63) is 29.8 Å². The lowest BCUT2D eigenvalue weighted by Gasteiger charge is -2.26. The molecule has 1 heterocycles. The Labute approximate surface area is 129 Å².